The molecule has 0 bridgehead atoms. The fourth-order valence-electron chi connectivity index (χ4n) is 3.51. The maximum atomic E-state index is 11.7. The SMILES string of the molecule is CS(=O)(=O)c1ccc(Nc2cc(N[C@H]3CC[C@@H](N)CC3)nc3c(Br)cnn23)cc1. The maximum Gasteiger partial charge on any atom is 0.175 e. The standard InChI is InChI=1S/C19H23BrN6O2S/c1-29(27,28)15-8-6-14(7-9-15)24-18-10-17(23-13-4-2-12(21)3-5-13)25-19-16(20)11-22-26(18)19/h6-13,24H,2-5,21H2,1H3,(H,23,25)/t12-,13+. The molecule has 4 N–H and O–H groups in total. The van der Waals surface area contributed by atoms with Gasteiger partial charge in [0.15, 0.2) is 15.5 Å². The predicted octanol–water partition coefficient (Wildman–Crippen LogP) is 3.32. The molecule has 4 rings (SSSR count). The van der Waals surface area contributed by atoms with Gasteiger partial charge in [0.1, 0.15) is 11.6 Å². The molecule has 0 aliphatic heterocycles. The zero-order valence-electron chi connectivity index (χ0n) is 16.0. The van der Waals surface area contributed by atoms with Crippen LogP contribution in [0.4, 0.5) is 17.3 Å². The van der Waals surface area contributed by atoms with Gasteiger partial charge in [0.05, 0.1) is 15.6 Å². The van der Waals surface area contributed by atoms with Crippen molar-refractivity contribution < 1.29 is 8.42 Å². The van der Waals surface area contributed by atoms with Crippen LogP contribution in [0.3, 0.4) is 0 Å². The Morgan fingerprint density at radius 2 is 1.86 bits per heavy atom. The van der Waals surface area contributed by atoms with E-state index in [9.17, 15) is 8.42 Å². The molecule has 0 radical (unpaired) electrons. The third-order valence-corrected chi connectivity index (χ3v) is 6.80. The molecular formula is C19H23BrN6O2S. The smallest absolute Gasteiger partial charge is 0.175 e. The molecule has 1 saturated carbocycles. The lowest BCUT2D eigenvalue weighted by molar-refractivity contribution is 0.410. The topological polar surface area (TPSA) is 114 Å². The molecule has 1 fully saturated rings. The van der Waals surface area contributed by atoms with Gasteiger partial charge in [-0.3, -0.25) is 0 Å². The molecule has 2 aromatic heterocycles. The lowest BCUT2D eigenvalue weighted by Gasteiger charge is -2.27. The normalized spacial score (nSPS) is 20.0. The van der Waals surface area contributed by atoms with Gasteiger partial charge < -0.3 is 16.4 Å². The molecule has 1 aliphatic carbocycles. The summed E-state index contributed by atoms with van der Waals surface area (Å²) in [5.41, 5.74) is 7.46. The van der Waals surface area contributed by atoms with Crippen molar-refractivity contribution in [3.63, 3.8) is 0 Å². The van der Waals surface area contributed by atoms with Crippen LogP contribution < -0.4 is 16.4 Å². The van der Waals surface area contributed by atoms with Crippen molar-refractivity contribution in [2.75, 3.05) is 16.9 Å². The molecule has 0 unspecified atom stereocenters. The number of rotatable bonds is 5. The average Bonchev–Trinajstić information content (AvgIpc) is 3.05. The molecule has 154 valence electrons. The maximum absolute atomic E-state index is 11.7. The third kappa shape index (κ3) is 4.54. The zero-order valence-corrected chi connectivity index (χ0v) is 18.4. The minimum Gasteiger partial charge on any atom is -0.367 e. The van der Waals surface area contributed by atoms with Crippen LogP contribution in [-0.4, -0.2) is 41.4 Å². The first kappa shape index (κ1) is 20.1. The number of fused-ring (bicyclic) bond motifs is 1. The zero-order chi connectivity index (χ0) is 20.6. The number of sulfone groups is 1. The molecule has 1 aromatic carbocycles. The summed E-state index contributed by atoms with van der Waals surface area (Å²) in [5.74, 6) is 1.48. The van der Waals surface area contributed by atoms with E-state index in [1.807, 2.05) is 6.07 Å². The largest absolute Gasteiger partial charge is 0.367 e. The number of halogens is 1. The van der Waals surface area contributed by atoms with Crippen molar-refractivity contribution in [3.8, 4) is 0 Å². The van der Waals surface area contributed by atoms with Gasteiger partial charge in [-0.15, -0.1) is 0 Å². The molecule has 2 heterocycles. The number of hydrogen-bond donors (Lipinski definition) is 3. The molecule has 29 heavy (non-hydrogen) atoms. The molecule has 1 aliphatic rings. The quantitative estimate of drug-likeness (QED) is 0.514. The summed E-state index contributed by atoms with van der Waals surface area (Å²) in [7, 11) is -3.23. The number of benzene rings is 1. The van der Waals surface area contributed by atoms with E-state index in [1.54, 1.807) is 35.0 Å². The van der Waals surface area contributed by atoms with Crippen LogP contribution in [0, 0.1) is 0 Å². The summed E-state index contributed by atoms with van der Waals surface area (Å²) in [6.45, 7) is 0. The second-order valence-electron chi connectivity index (χ2n) is 7.43. The molecule has 10 heteroatoms. The van der Waals surface area contributed by atoms with Crippen LogP contribution in [0.2, 0.25) is 0 Å². The average molecular weight is 479 g/mol. The van der Waals surface area contributed by atoms with Crippen molar-refractivity contribution in [2.45, 2.75) is 42.7 Å². The van der Waals surface area contributed by atoms with Gasteiger partial charge in [0.2, 0.25) is 0 Å². The van der Waals surface area contributed by atoms with Crippen molar-refractivity contribution in [1.29, 1.82) is 0 Å². The fourth-order valence-corrected chi connectivity index (χ4v) is 4.48. The van der Waals surface area contributed by atoms with Crippen LogP contribution in [0.15, 0.2) is 45.9 Å². The highest BCUT2D eigenvalue weighted by atomic mass is 79.9. The summed E-state index contributed by atoms with van der Waals surface area (Å²) in [4.78, 5) is 4.97. The first-order valence-electron chi connectivity index (χ1n) is 9.43. The van der Waals surface area contributed by atoms with Gasteiger partial charge in [0.25, 0.3) is 0 Å². The van der Waals surface area contributed by atoms with E-state index in [-0.39, 0.29) is 4.90 Å². The van der Waals surface area contributed by atoms with E-state index in [4.69, 9.17) is 5.73 Å². The Hall–Kier alpha value is -2.17. The number of nitrogens with zero attached hydrogens (tertiary/aromatic N) is 3. The van der Waals surface area contributed by atoms with Crippen molar-refractivity contribution in [2.24, 2.45) is 5.73 Å². The van der Waals surface area contributed by atoms with E-state index in [2.05, 4.69) is 36.6 Å². The van der Waals surface area contributed by atoms with Gasteiger partial charge in [-0.2, -0.15) is 9.61 Å². The van der Waals surface area contributed by atoms with Crippen LogP contribution in [0.5, 0.6) is 0 Å². The highest BCUT2D eigenvalue weighted by Gasteiger charge is 2.20. The number of anilines is 3. The lowest BCUT2D eigenvalue weighted by atomic mass is 9.92. The molecule has 3 aromatic rings. The van der Waals surface area contributed by atoms with Gasteiger partial charge in [-0.25, -0.2) is 13.4 Å². The van der Waals surface area contributed by atoms with E-state index < -0.39 is 9.84 Å². The summed E-state index contributed by atoms with van der Waals surface area (Å²) >= 11 is 3.50. The Morgan fingerprint density at radius 1 is 1.17 bits per heavy atom. The Labute approximate surface area is 177 Å². The first-order chi connectivity index (χ1) is 13.8. The van der Waals surface area contributed by atoms with Crippen molar-refractivity contribution in [3.05, 3.63) is 41.0 Å². The molecule has 0 atom stereocenters. The summed E-state index contributed by atoms with van der Waals surface area (Å²) in [5, 5.41) is 11.2. The van der Waals surface area contributed by atoms with Crippen molar-refractivity contribution in [1.82, 2.24) is 14.6 Å². The van der Waals surface area contributed by atoms with Gasteiger partial charge in [-0.1, -0.05) is 0 Å². The second-order valence-corrected chi connectivity index (χ2v) is 10.3. The highest BCUT2D eigenvalue weighted by molar-refractivity contribution is 9.10. The monoisotopic (exact) mass is 478 g/mol. The number of hydrogen-bond acceptors (Lipinski definition) is 7. The second kappa shape index (κ2) is 7.92. The third-order valence-electron chi connectivity index (χ3n) is 5.11. The molecule has 0 amide bonds. The Bertz CT molecular complexity index is 1120. The Balaban J connectivity index is 1.62. The van der Waals surface area contributed by atoms with Crippen LogP contribution in [0.25, 0.3) is 5.65 Å². The van der Waals surface area contributed by atoms with Crippen LogP contribution in [-0.2, 0) is 9.84 Å². The van der Waals surface area contributed by atoms with E-state index in [0.29, 0.717) is 17.7 Å². The molecule has 8 nitrogen and oxygen atoms in total. The van der Waals surface area contributed by atoms with Gasteiger partial charge in [-0.05, 0) is 65.9 Å². The van der Waals surface area contributed by atoms with Crippen LogP contribution in [0.1, 0.15) is 25.7 Å². The minimum atomic E-state index is -3.23. The van der Waals surface area contributed by atoms with Crippen molar-refractivity contribution >= 4 is 48.7 Å². The summed E-state index contributed by atoms with van der Waals surface area (Å²) < 4.78 is 25.8. The number of aromatic nitrogens is 3. The molecule has 0 saturated heterocycles. The predicted molar refractivity (Wildman–Crippen MR) is 117 cm³/mol. The minimum absolute atomic E-state index is 0.280. The fraction of sp³-hybridized carbons (Fsp3) is 0.368. The summed E-state index contributed by atoms with van der Waals surface area (Å²) in [6.07, 6.45) is 6.94. The Kier molecular flexibility index (Phi) is 5.50. The van der Waals surface area contributed by atoms with Gasteiger partial charge >= 0.3 is 0 Å². The highest BCUT2D eigenvalue weighted by Crippen LogP contribution is 2.27. The van der Waals surface area contributed by atoms with Gasteiger partial charge in [0, 0.05) is 30.1 Å². The summed E-state index contributed by atoms with van der Waals surface area (Å²) in [6, 6.07) is 9.17. The van der Waals surface area contributed by atoms with E-state index in [1.165, 1.54) is 6.26 Å². The Morgan fingerprint density at radius 3 is 2.52 bits per heavy atom. The number of nitrogens with two attached hydrogens (primary N) is 1. The molecule has 0 spiro atoms. The first-order valence-corrected chi connectivity index (χ1v) is 12.1. The van der Waals surface area contributed by atoms with E-state index >= 15 is 0 Å². The van der Waals surface area contributed by atoms with Crippen LogP contribution >= 0.6 is 15.9 Å². The molecular weight excluding hydrogens is 456 g/mol. The lowest BCUT2D eigenvalue weighted by Crippen LogP contribution is -2.33. The van der Waals surface area contributed by atoms with E-state index in [0.717, 1.165) is 47.5 Å². The number of nitrogens with one attached hydrogen (secondary N) is 2.